The van der Waals surface area contributed by atoms with Gasteiger partial charge >= 0.3 is 6.18 Å². The van der Waals surface area contributed by atoms with E-state index in [0.29, 0.717) is 4.90 Å². The number of pyridine rings is 1. The number of halogens is 4. The van der Waals surface area contributed by atoms with Gasteiger partial charge in [0.2, 0.25) is 0 Å². The fraction of sp³-hybridized carbons (Fsp3) is 0.455. The predicted molar refractivity (Wildman–Crippen MR) is 68.1 cm³/mol. The van der Waals surface area contributed by atoms with Gasteiger partial charge in [-0.3, -0.25) is 14.9 Å². The highest BCUT2D eigenvalue weighted by atomic mass is 35.5. The number of carbonyl (C=O) groups excluding carboxylic acids is 1. The van der Waals surface area contributed by atoms with Gasteiger partial charge in [-0.15, -0.1) is 0 Å². The summed E-state index contributed by atoms with van der Waals surface area (Å²) in [5.41, 5.74) is -1.23. The van der Waals surface area contributed by atoms with Gasteiger partial charge in [0.25, 0.3) is 11.6 Å². The van der Waals surface area contributed by atoms with Gasteiger partial charge in [-0.1, -0.05) is 11.6 Å². The smallest absolute Gasteiger partial charge is 0.327 e. The van der Waals surface area contributed by atoms with Gasteiger partial charge in [-0.2, -0.15) is 13.2 Å². The van der Waals surface area contributed by atoms with Crippen molar-refractivity contribution in [2.24, 2.45) is 0 Å². The molecule has 0 N–H and O–H groups in total. The fourth-order valence-electron chi connectivity index (χ4n) is 1.58. The van der Waals surface area contributed by atoms with E-state index in [1.807, 2.05) is 0 Å². The van der Waals surface area contributed by atoms with Crippen LogP contribution in [0.15, 0.2) is 12.3 Å². The molecule has 0 aromatic carbocycles. The van der Waals surface area contributed by atoms with Crippen LogP contribution in [0.2, 0.25) is 5.15 Å². The molecule has 1 rings (SSSR count). The molecule has 116 valence electrons. The van der Waals surface area contributed by atoms with E-state index in [9.17, 15) is 28.1 Å². The van der Waals surface area contributed by atoms with Crippen LogP contribution in [0.3, 0.4) is 0 Å². The van der Waals surface area contributed by atoms with Gasteiger partial charge < -0.3 is 4.90 Å². The first-order chi connectivity index (χ1) is 9.53. The molecule has 0 radical (unpaired) electrons. The Morgan fingerprint density at radius 3 is 2.52 bits per heavy atom. The van der Waals surface area contributed by atoms with Gasteiger partial charge in [0.1, 0.15) is 23.5 Å². The summed E-state index contributed by atoms with van der Waals surface area (Å²) in [6.45, 7) is 1.23. The number of nitrogens with zero attached hydrogens (tertiary/aromatic N) is 3. The summed E-state index contributed by atoms with van der Waals surface area (Å²) in [7, 11) is 0. The van der Waals surface area contributed by atoms with E-state index in [1.54, 1.807) is 0 Å². The van der Waals surface area contributed by atoms with Crippen molar-refractivity contribution in [1.29, 1.82) is 0 Å². The lowest BCUT2D eigenvalue weighted by atomic mass is 10.1. The summed E-state index contributed by atoms with van der Waals surface area (Å²) in [4.78, 5) is 26.1. The summed E-state index contributed by atoms with van der Waals surface area (Å²) < 4.78 is 37.5. The number of alkyl halides is 3. The maximum Gasteiger partial charge on any atom is 0.406 e. The second kappa shape index (κ2) is 6.25. The van der Waals surface area contributed by atoms with Crippen molar-refractivity contribution in [3.05, 3.63) is 33.1 Å². The average Bonchev–Trinajstić information content (AvgIpc) is 2.33. The molecular formula is C11H11ClF3N3O3. The topological polar surface area (TPSA) is 76.3 Å². The largest absolute Gasteiger partial charge is 0.406 e. The second-order valence-electron chi connectivity index (χ2n) is 4.42. The molecule has 1 aromatic heterocycles. The Balaban J connectivity index is 3.27. The van der Waals surface area contributed by atoms with Crippen LogP contribution in [0.1, 0.15) is 24.2 Å². The Hall–Kier alpha value is -1.90. The number of rotatable bonds is 4. The summed E-state index contributed by atoms with van der Waals surface area (Å²) in [5.74, 6) is -1.13. The third-order valence-electron chi connectivity index (χ3n) is 2.51. The minimum absolute atomic E-state index is 0.223. The van der Waals surface area contributed by atoms with Crippen LogP contribution in [0, 0.1) is 10.1 Å². The second-order valence-corrected chi connectivity index (χ2v) is 4.81. The zero-order chi connectivity index (χ0) is 16.4. The first-order valence-electron chi connectivity index (χ1n) is 5.70. The van der Waals surface area contributed by atoms with E-state index in [0.717, 1.165) is 12.3 Å². The Bertz CT molecular complexity index is 563. The monoisotopic (exact) mass is 325 g/mol. The van der Waals surface area contributed by atoms with Gasteiger partial charge in [-0.25, -0.2) is 4.98 Å². The van der Waals surface area contributed by atoms with Crippen molar-refractivity contribution in [2.45, 2.75) is 26.1 Å². The van der Waals surface area contributed by atoms with Crippen LogP contribution in [-0.2, 0) is 0 Å². The molecule has 6 nitrogen and oxygen atoms in total. The molecule has 0 fully saturated rings. The first kappa shape index (κ1) is 17.2. The lowest BCUT2D eigenvalue weighted by molar-refractivity contribution is -0.385. The number of nitro groups is 1. The number of hydrogen-bond acceptors (Lipinski definition) is 4. The highest BCUT2D eigenvalue weighted by molar-refractivity contribution is 6.29. The van der Waals surface area contributed by atoms with Crippen LogP contribution >= 0.6 is 11.6 Å². The van der Waals surface area contributed by atoms with E-state index >= 15 is 0 Å². The van der Waals surface area contributed by atoms with Crippen LogP contribution in [-0.4, -0.2) is 39.5 Å². The Morgan fingerprint density at radius 2 is 2.10 bits per heavy atom. The van der Waals surface area contributed by atoms with Crippen LogP contribution in [0.5, 0.6) is 0 Å². The molecule has 0 aliphatic rings. The third kappa shape index (κ3) is 4.55. The Morgan fingerprint density at radius 1 is 1.52 bits per heavy atom. The summed E-state index contributed by atoms with van der Waals surface area (Å²) >= 11 is 5.56. The van der Waals surface area contributed by atoms with Crippen LogP contribution < -0.4 is 0 Å². The molecule has 0 spiro atoms. The normalized spacial score (nSPS) is 11.6. The number of carbonyl (C=O) groups is 1. The molecule has 0 saturated heterocycles. The van der Waals surface area contributed by atoms with Crippen LogP contribution in [0.4, 0.5) is 18.9 Å². The highest BCUT2D eigenvalue weighted by Crippen LogP contribution is 2.25. The zero-order valence-corrected chi connectivity index (χ0v) is 11.8. The van der Waals surface area contributed by atoms with Crippen molar-refractivity contribution in [3.63, 3.8) is 0 Å². The molecule has 0 aliphatic carbocycles. The van der Waals surface area contributed by atoms with E-state index in [1.165, 1.54) is 13.8 Å². The van der Waals surface area contributed by atoms with Gasteiger partial charge in [0.05, 0.1) is 4.92 Å². The molecule has 1 heterocycles. The molecule has 0 saturated carbocycles. The Kier molecular flexibility index (Phi) is 5.10. The zero-order valence-electron chi connectivity index (χ0n) is 11.0. The summed E-state index contributed by atoms with van der Waals surface area (Å²) in [6.07, 6.45) is -3.88. The summed E-state index contributed by atoms with van der Waals surface area (Å²) in [6, 6.07) is 0.0824. The number of hydrogen-bond donors (Lipinski definition) is 0. The lowest BCUT2D eigenvalue weighted by Crippen LogP contribution is -2.43. The van der Waals surface area contributed by atoms with Gasteiger partial charge in [-0.05, 0) is 19.9 Å². The molecule has 1 aromatic rings. The maximum absolute atomic E-state index is 12.5. The predicted octanol–water partition coefficient (Wildman–Crippen LogP) is 3.06. The van der Waals surface area contributed by atoms with Crippen molar-refractivity contribution in [2.75, 3.05) is 6.54 Å². The van der Waals surface area contributed by atoms with E-state index in [2.05, 4.69) is 4.98 Å². The van der Waals surface area contributed by atoms with E-state index < -0.39 is 40.8 Å². The minimum Gasteiger partial charge on any atom is -0.327 e. The quantitative estimate of drug-likeness (QED) is 0.484. The van der Waals surface area contributed by atoms with E-state index in [-0.39, 0.29) is 5.15 Å². The van der Waals surface area contributed by atoms with E-state index in [4.69, 9.17) is 11.6 Å². The standard InChI is InChI=1S/C11H11ClF3N3O3/c1-6(2)17(5-11(13,14)15)10(19)7-3-9(12)16-4-8(7)18(20)21/h3-4,6H,5H2,1-2H3. The molecular weight excluding hydrogens is 315 g/mol. The molecule has 0 aliphatic heterocycles. The lowest BCUT2D eigenvalue weighted by Gasteiger charge is -2.27. The van der Waals surface area contributed by atoms with Crippen molar-refractivity contribution < 1.29 is 22.9 Å². The third-order valence-corrected chi connectivity index (χ3v) is 2.72. The molecule has 1 amide bonds. The van der Waals surface area contributed by atoms with Gasteiger partial charge in [0, 0.05) is 6.04 Å². The van der Waals surface area contributed by atoms with Crippen molar-refractivity contribution in [3.8, 4) is 0 Å². The Labute approximate surface area is 122 Å². The minimum atomic E-state index is -4.62. The maximum atomic E-state index is 12.5. The van der Waals surface area contributed by atoms with Crippen molar-refractivity contribution >= 4 is 23.2 Å². The average molecular weight is 326 g/mol. The van der Waals surface area contributed by atoms with Gasteiger partial charge in [0.15, 0.2) is 0 Å². The molecule has 21 heavy (non-hydrogen) atoms. The fourth-order valence-corrected chi connectivity index (χ4v) is 1.73. The SMILES string of the molecule is CC(C)N(CC(F)(F)F)C(=O)c1cc(Cl)ncc1[N+](=O)[O-]. The van der Waals surface area contributed by atoms with Crippen LogP contribution in [0.25, 0.3) is 0 Å². The number of amides is 1. The molecule has 0 bridgehead atoms. The van der Waals surface area contributed by atoms with Crippen molar-refractivity contribution in [1.82, 2.24) is 9.88 Å². The highest BCUT2D eigenvalue weighted by Gasteiger charge is 2.36. The first-order valence-corrected chi connectivity index (χ1v) is 6.08. The molecule has 0 unspecified atom stereocenters. The molecule has 10 heteroatoms. The summed E-state index contributed by atoms with van der Waals surface area (Å²) in [5, 5.41) is 10.6. The number of aromatic nitrogens is 1. The molecule has 0 atom stereocenters.